The second-order valence-electron chi connectivity index (χ2n) is 6.15. The lowest BCUT2D eigenvalue weighted by Crippen LogP contribution is -2.40. The molecule has 0 fully saturated rings. The van der Waals surface area contributed by atoms with Crippen LogP contribution >= 0.6 is 0 Å². The molecule has 0 aromatic heterocycles. The smallest absolute Gasteiger partial charge is 0.00970 e. The average molecular weight is 275 g/mol. The topological polar surface area (TPSA) is 24.1 Å². The molecular formula is C17H42N2. The van der Waals surface area contributed by atoms with Crippen LogP contribution in [0, 0.1) is 5.92 Å². The summed E-state index contributed by atoms with van der Waals surface area (Å²) < 4.78 is 0. The third-order valence-corrected chi connectivity index (χ3v) is 2.67. The second-order valence-corrected chi connectivity index (χ2v) is 6.15. The maximum Gasteiger partial charge on any atom is 0.00970 e. The Balaban J connectivity index is -0.000000344. The Labute approximate surface area is 125 Å². The molecule has 19 heavy (non-hydrogen) atoms. The van der Waals surface area contributed by atoms with E-state index in [1.165, 1.54) is 12.0 Å². The van der Waals surface area contributed by atoms with Gasteiger partial charge >= 0.3 is 0 Å². The Morgan fingerprint density at radius 3 is 2.26 bits per heavy atom. The van der Waals surface area contributed by atoms with Gasteiger partial charge in [0.15, 0.2) is 0 Å². The van der Waals surface area contributed by atoms with Crippen LogP contribution in [0.15, 0.2) is 11.6 Å². The number of hydrogen-bond donors (Lipinski definition) is 2. The van der Waals surface area contributed by atoms with Crippen molar-refractivity contribution in [1.29, 1.82) is 0 Å². The molecule has 0 aromatic rings. The van der Waals surface area contributed by atoms with Gasteiger partial charge in [-0.2, -0.15) is 0 Å². The van der Waals surface area contributed by atoms with Crippen LogP contribution in [0.25, 0.3) is 0 Å². The summed E-state index contributed by atoms with van der Waals surface area (Å²) in [5.74, 6) is 0.729. The van der Waals surface area contributed by atoms with Gasteiger partial charge in [-0.15, -0.1) is 0 Å². The highest BCUT2D eigenvalue weighted by atomic mass is 15.0. The van der Waals surface area contributed by atoms with Crippen LogP contribution in [-0.2, 0) is 0 Å². The summed E-state index contributed by atoms with van der Waals surface area (Å²) in [6, 6.07) is 0. The van der Waals surface area contributed by atoms with E-state index in [1.807, 2.05) is 13.8 Å². The first-order chi connectivity index (χ1) is 8.85. The minimum atomic E-state index is 0. The lowest BCUT2D eigenvalue weighted by molar-refractivity contribution is 0.413. The largest absolute Gasteiger partial charge is 0.315 e. The van der Waals surface area contributed by atoms with Crippen molar-refractivity contribution in [3.8, 4) is 0 Å². The quantitative estimate of drug-likeness (QED) is 0.487. The normalized spacial score (nSPS) is 13.8. The minimum absolute atomic E-state index is 0. The van der Waals surface area contributed by atoms with Crippen LogP contribution in [0.5, 0.6) is 0 Å². The SMILES string of the molecule is CC.CC/C=C(/C)CC(C)CNCCNC(C)(C)C.[HH].[HH]. The molecular weight excluding hydrogens is 232 g/mol. The molecule has 0 spiro atoms. The molecule has 1 atom stereocenters. The summed E-state index contributed by atoms with van der Waals surface area (Å²) in [6.45, 7) is 20.6. The number of nitrogens with one attached hydrogen (secondary N) is 2. The molecule has 0 aliphatic rings. The Kier molecular flexibility index (Phi) is 14.0. The van der Waals surface area contributed by atoms with Crippen LogP contribution in [0.2, 0.25) is 0 Å². The maximum atomic E-state index is 3.52. The molecule has 0 amide bonds. The first-order valence-corrected chi connectivity index (χ1v) is 7.96. The van der Waals surface area contributed by atoms with E-state index >= 15 is 0 Å². The van der Waals surface area contributed by atoms with E-state index in [2.05, 4.69) is 58.3 Å². The van der Waals surface area contributed by atoms with E-state index in [0.29, 0.717) is 0 Å². The molecule has 0 heterocycles. The molecule has 2 heteroatoms. The monoisotopic (exact) mass is 274 g/mol. The Morgan fingerprint density at radius 1 is 1.21 bits per heavy atom. The van der Waals surface area contributed by atoms with E-state index in [4.69, 9.17) is 0 Å². The van der Waals surface area contributed by atoms with Gasteiger partial charge in [0.25, 0.3) is 0 Å². The molecule has 0 bridgehead atoms. The fourth-order valence-electron chi connectivity index (χ4n) is 1.93. The number of allylic oxidation sites excluding steroid dienone is 2. The number of rotatable bonds is 8. The molecule has 120 valence electrons. The first kappa shape index (κ1) is 21.0. The van der Waals surface area contributed by atoms with E-state index in [-0.39, 0.29) is 8.39 Å². The molecule has 0 radical (unpaired) electrons. The molecule has 2 nitrogen and oxygen atoms in total. The predicted octanol–water partition coefficient (Wildman–Crippen LogP) is 4.86. The van der Waals surface area contributed by atoms with Gasteiger partial charge in [0.1, 0.15) is 0 Å². The van der Waals surface area contributed by atoms with Crippen molar-refractivity contribution < 1.29 is 2.85 Å². The van der Waals surface area contributed by atoms with Crippen molar-refractivity contribution in [2.45, 2.75) is 73.8 Å². The highest BCUT2D eigenvalue weighted by molar-refractivity contribution is 4.98. The van der Waals surface area contributed by atoms with Crippen molar-refractivity contribution >= 4 is 0 Å². The summed E-state index contributed by atoms with van der Waals surface area (Å²) in [5, 5.41) is 7.00. The van der Waals surface area contributed by atoms with Gasteiger partial charge in [-0.3, -0.25) is 0 Å². The van der Waals surface area contributed by atoms with Gasteiger partial charge in [-0.05, 0) is 53.0 Å². The van der Waals surface area contributed by atoms with E-state index in [0.717, 1.165) is 32.0 Å². The second kappa shape index (κ2) is 12.7. The standard InChI is InChI=1S/C15H32N2.C2H6.2H2/c1-7-8-13(2)11-14(3)12-16-9-10-17-15(4,5)6;1-2;;/h8,14,16-17H,7,9-12H2,1-6H3;1-2H3;2*1H/b13-8-;;;. The predicted molar refractivity (Wildman–Crippen MR) is 94.0 cm³/mol. The van der Waals surface area contributed by atoms with Gasteiger partial charge in [0.2, 0.25) is 0 Å². The van der Waals surface area contributed by atoms with Crippen LogP contribution in [0.1, 0.15) is 71.1 Å². The fraction of sp³-hybridized carbons (Fsp3) is 0.882. The molecule has 2 N–H and O–H groups in total. The summed E-state index contributed by atoms with van der Waals surface area (Å²) in [6.07, 6.45) is 4.70. The summed E-state index contributed by atoms with van der Waals surface area (Å²) >= 11 is 0. The number of hydrogen-bond acceptors (Lipinski definition) is 2. The molecule has 0 aliphatic carbocycles. The third kappa shape index (κ3) is 17.7. The Hall–Kier alpha value is -0.340. The molecule has 0 saturated heterocycles. The first-order valence-electron chi connectivity index (χ1n) is 7.96. The van der Waals surface area contributed by atoms with Gasteiger partial charge in [0, 0.05) is 21.5 Å². The Morgan fingerprint density at radius 2 is 1.79 bits per heavy atom. The molecule has 0 saturated carbocycles. The van der Waals surface area contributed by atoms with Crippen LogP contribution in [0.3, 0.4) is 0 Å². The Bertz CT molecular complexity index is 223. The van der Waals surface area contributed by atoms with Crippen LogP contribution in [-0.4, -0.2) is 25.2 Å². The van der Waals surface area contributed by atoms with Gasteiger partial charge in [0.05, 0.1) is 0 Å². The molecule has 0 rings (SSSR count). The summed E-state index contributed by atoms with van der Waals surface area (Å²) in [4.78, 5) is 0. The zero-order chi connectivity index (χ0) is 15.3. The van der Waals surface area contributed by atoms with Gasteiger partial charge in [-0.25, -0.2) is 0 Å². The van der Waals surface area contributed by atoms with Crippen LogP contribution in [0.4, 0.5) is 0 Å². The highest BCUT2D eigenvalue weighted by Gasteiger charge is 2.07. The zero-order valence-corrected chi connectivity index (χ0v) is 14.7. The van der Waals surface area contributed by atoms with Crippen LogP contribution < -0.4 is 10.6 Å². The van der Waals surface area contributed by atoms with E-state index in [1.54, 1.807) is 0 Å². The lowest BCUT2D eigenvalue weighted by Gasteiger charge is -2.21. The van der Waals surface area contributed by atoms with Crippen molar-refractivity contribution in [3.63, 3.8) is 0 Å². The van der Waals surface area contributed by atoms with E-state index in [9.17, 15) is 0 Å². The van der Waals surface area contributed by atoms with Crippen molar-refractivity contribution in [1.82, 2.24) is 10.6 Å². The third-order valence-electron chi connectivity index (χ3n) is 2.67. The van der Waals surface area contributed by atoms with Crippen molar-refractivity contribution in [3.05, 3.63) is 11.6 Å². The lowest BCUT2D eigenvalue weighted by atomic mass is 10.0. The summed E-state index contributed by atoms with van der Waals surface area (Å²) in [7, 11) is 0. The average Bonchev–Trinajstić information content (AvgIpc) is 2.29. The maximum absolute atomic E-state index is 3.52. The van der Waals surface area contributed by atoms with Crippen molar-refractivity contribution in [2.24, 2.45) is 5.92 Å². The molecule has 1 unspecified atom stereocenters. The van der Waals surface area contributed by atoms with E-state index < -0.39 is 0 Å². The van der Waals surface area contributed by atoms with Gasteiger partial charge in [-0.1, -0.05) is 39.3 Å². The summed E-state index contributed by atoms with van der Waals surface area (Å²) in [5.41, 5.74) is 1.75. The molecule has 0 aliphatic heterocycles. The minimum Gasteiger partial charge on any atom is -0.315 e. The molecule has 0 aromatic carbocycles. The highest BCUT2D eigenvalue weighted by Crippen LogP contribution is 2.10. The van der Waals surface area contributed by atoms with Gasteiger partial charge < -0.3 is 10.6 Å². The van der Waals surface area contributed by atoms with Crippen molar-refractivity contribution in [2.75, 3.05) is 19.6 Å². The fourth-order valence-corrected chi connectivity index (χ4v) is 1.93. The zero-order valence-electron chi connectivity index (χ0n) is 14.7.